The van der Waals surface area contributed by atoms with Gasteiger partial charge in [-0.25, -0.2) is 0 Å². The average molecular weight is 397 g/mol. The van der Waals surface area contributed by atoms with Crippen LogP contribution in [0.4, 0.5) is 0 Å². The highest BCUT2D eigenvalue weighted by atomic mass is 16.4. The molecule has 1 amide bonds. The minimum absolute atomic E-state index is 0.00246. The maximum absolute atomic E-state index is 12.8. The van der Waals surface area contributed by atoms with Crippen LogP contribution in [0.5, 0.6) is 5.75 Å². The zero-order valence-electron chi connectivity index (χ0n) is 16.3. The van der Waals surface area contributed by atoms with Gasteiger partial charge in [-0.1, -0.05) is 48.5 Å². The van der Waals surface area contributed by atoms with Crippen LogP contribution in [-0.2, 0) is 22.4 Å². The predicted molar refractivity (Wildman–Crippen MR) is 108 cm³/mol. The van der Waals surface area contributed by atoms with Crippen molar-refractivity contribution >= 4 is 11.9 Å². The van der Waals surface area contributed by atoms with E-state index in [2.05, 4.69) is 0 Å². The molecular formula is C23H27NO5. The van der Waals surface area contributed by atoms with Crippen LogP contribution in [0.25, 0.3) is 0 Å². The average Bonchev–Trinajstić information content (AvgIpc) is 2.71. The summed E-state index contributed by atoms with van der Waals surface area (Å²) >= 11 is 0. The summed E-state index contributed by atoms with van der Waals surface area (Å²) in [5.74, 6) is -1.27. The fourth-order valence-corrected chi connectivity index (χ4v) is 4.04. The highest BCUT2D eigenvalue weighted by molar-refractivity contribution is 5.82. The van der Waals surface area contributed by atoms with Crippen LogP contribution in [0.3, 0.4) is 0 Å². The molecule has 2 aromatic rings. The topological polar surface area (TPSA) is 98.1 Å². The zero-order valence-corrected chi connectivity index (χ0v) is 16.3. The molecule has 2 atom stereocenters. The van der Waals surface area contributed by atoms with E-state index < -0.39 is 17.5 Å². The van der Waals surface area contributed by atoms with Crippen molar-refractivity contribution in [1.29, 1.82) is 0 Å². The van der Waals surface area contributed by atoms with Gasteiger partial charge in [-0.2, -0.15) is 0 Å². The molecule has 0 bridgehead atoms. The molecule has 1 aliphatic heterocycles. The number of phenols is 1. The van der Waals surface area contributed by atoms with Gasteiger partial charge in [0.05, 0.1) is 12.5 Å². The molecule has 0 aromatic heterocycles. The highest BCUT2D eigenvalue weighted by Gasteiger charge is 2.49. The summed E-state index contributed by atoms with van der Waals surface area (Å²) in [7, 11) is 0. The summed E-state index contributed by atoms with van der Waals surface area (Å²) < 4.78 is 0. The lowest BCUT2D eigenvalue weighted by Crippen LogP contribution is -2.57. The summed E-state index contributed by atoms with van der Waals surface area (Å²) in [6.07, 6.45) is 0.847. The van der Waals surface area contributed by atoms with Crippen molar-refractivity contribution in [3.63, 3.8) is 0 Å². The Hall–Kier alpha value is -2.86. The molecule has 0 radical (unpaired) electrons. The molecule has 0 saturated carbocycles. The van der Waals surface area contributed by atoms with Gasteiger partial charge >= 0.3 is 5.97 Å². The van der Waals surface area contributed by atoms with Crippen molar-refractivity contribution in [2.45, 2.75) is 38.2 Å². The van der Waals surface area contributed by atoms with Crippen LogP contribution < -0.4 is 0 Å². The van der Waals surface area contributed by atoms with Crippen LogP contribution in [0.1, 0.15) is 30.4 Å². The number of carbonyl (C=O) groups excluding carboxylic acids is 1. The van der Waals surface area contributed by atoms with Crippen molar-refractivity contribution in [3.05, 3.63) is 65.7 Å². The lowest BCUT2D eigenvalue weighted by Gasteiger charge is -2.43. The van der Waals surface area contributed by atoms with E-state index in [-0.39, 0.29) is 31.0 Å². The normalized spacial score (nSPS) is 21.7. The quantitative estimate of drug-likeness (QED) is 0.667. The van der Waals surface area contributed by atoms with Crippen LogP contribution in [0.15, 0.2) is 54.6 Å². The first-order valence-corrected chi connectivity index (χ1v) is 9.92. The number of piperidine rings is 1. The number of aryl methyl sites for hydroxylation is 1. The Morgan fingerprint density at radius 1 is 1.07 bits per heavy atom. The van der Waals surface area contributed by atoms with Crippen LogP contribution in [-0.4, -0.2) is 51.3 Å². The van der Waals surface area contributed by atoms with Gasteiger partial charge in [-0.3, -0.25) is 9.59 Å². The molecule has 2 aromatic carbocycles. The Kier molecular flexibility index (Phi) is 6.54. The first-order valence-electron chi connectivity index (χ1n) is 9.92. The molecule has 1 saturated heterocycles. The van der Waals surface area contributed by atoms with Crippen molar-refractivity contribution < 1.29 is 24.9 Å². The number of carboxylic acid groups (broad SMARTS) is 1. The van der Waals surface area contributed by atoms with E-state index in [4.69, 9.17) is 0 Å². The first-order chi connectivity index (χ1) is 13.9. The molecular weight excluding hydrogens is 370 g/mol. The highest BCUT2D eigenvalue weighted by Crippen LogP contribution is 2.36. The number of phenolic OH excluding ortho intramolecular Hbond substituents is 1. The first kappa shape index (κ1) is 20.9. The Labute approximate surface area is 170 Å². The van der Waals surface area contributed by atoms with E-state index in [1.165, 1.54) is 11.0 Å². The van der Waals surface area contributed by atoms with Gasteiger partial charge < -0.3 is 20.2 Å². The summed E-state index contributed by atoms with van der Waals surface area (Å²) in [5.41, 5.74) is 0.251. The fraction of sp³-hybridized carbons (Fsp3) is 0.391. The molecule has 154 valence electrons. The van der Waals surface area contributed by atoms with E-state index in [9.17, 15) is 24.9 Å². The summed E-state index contributed by atoms with van der Waals surface area (Å²) in [5, 5.41) is 30.4. The number of aromatic hydroxyl groups is 1. The summed E-state index contributed by atoms with van der Waals surface area (Å²) in [6, 6.07) is 16.4. The lowest BCUT2D eigenvalue weighted by atomic mass is 9.73. The standard InChI is InChI=1S/C23H27NO5/c25-19-11-5-4-10-18(19)15-21(27)24-14-12-20(26)23(16-24,22(28)29)13-6-9-17-7-2-1-3-8-17/h1-5,7-8,10-11,20,25-26H,6,9,12-16H2,(H,28,29)/t20-,23+/m0/s1. The van der Waals surface area contributed by atoms with Gasteiger partial charge in [0.1, 0.15) is 11.2 Å². The number of hydrogen-bond donors (Lipinski definition) is 3. The molecule has 0 unspecified atom stereocenters. The van der Waals surface area contributed by atoms with Gasteiger partial charge in [0.25, 0.3) is 0 Å². The maximum Gasteiger partial charge on any atom is 0.314 e. The molecule has 3 rings (SSSR count). The Bertz CT molecular complexity index is 853. The van der Waals surface area contributed by atoms with Gasteiger partial charge in [-0.05, 0) is 37.3 Å². The number of nitrogens with zero attached hydrogens (tertiary/aromatic N) is 1. The second-order valence-electron chi connectivity index (χ2n) is 7.73. The number of aliphatic hydroxyl groups is 1. The van der Waals surface area contributed by atoms with Crippen molar-refractivity contribution in [2.24, 2.45) is 5.41 Å². The number of rotatable bonds is 7. The molecule has 6 heteroatoms. The van der Waals surface area contributed by atoms with Gasteiger partial charge in [0.2, 0.25) is 5.91 Å². The molecule has 1 fully saturated rings. The van der Waals surface area contributed by atoms with Crippen molar-refractivity contribution in [2.75, 3.05) is 13.1 Å². The molecule has 29 heavy (non-hydrogen) atoms. The van der Waals surface area contributed by atoms with E-state index in [0.29, 0.717) is 31.4 Å². The largest absolute Gasteiger partial charge is 0.508 e. The Balaban J connectivity index is 1.69. The monoisotopic (exact) mass is 397 g/mol. The smallest absolute Gasteiger partial charge is 0.314 e. The second-order valence-corrected chi connectivity index (χ2v) is 7.73. The van der Waals surface area contributed by atoms with Crippen LogP contribution in [0.2, 0.25) is 0 Å². The number of carbonyl (C=O) groups is 2. The molecule has 6 nitrogen and oxygen atoms in total. The number of amides is 1. The lowest BCUT2D eigenvalue weighted by molar-refractivity contribution is -0.166. The second kappa shape index (κ2) is 9.09. The maximum atomic E-state index is 12.8. The molecule has 1 aliphatic rings. The molecule has 1 heterocycles. The van der Waals surface area contributed by atoms with E-state index in [0.717, 1.165) is 5.56 Å². The third kappa shape index (κ3) is 4.77. The number of para-hydroxylation sites is 1. The zero-order chi connectivity index (χ0) is 20.9. The minimum Gasteiger partial charge on any atom is -0.508 e. The predicted octanol–water partition coefficient (Wildman–Crippen LogP) is 2.62. The Morgan fingerprint density at radius 3 is 2.45 bits per heavy atom. The van der Waals surface area contributed by atoms with Crippen LogP contribution in [0, 0.1) is 5.41 Å². The fourth-order valence-electron chi connectivity index (χ4n) is 4.04. The summed E-state index contributed by atoms with van der Waals surface area (Å²) in [6.45, 7) is 0.284. The van der Waals surface area contributed by atoms with E-state index >= 15 is 0 Å². The van der Waals surface area contributed by atoms with E-state index in [1.807, 2.05) is 30.3 Å². The van der Waals surface area contributed by atoms with Crippen LogP contribution >= 0.6 is 0 Å². The SMILES string of the molecule is O=C(Cc1ccccc1O)N1CC[C@H](O)[C@](CCCc2ccccc2)(C(=O)O)C1. The summed E-state index contributed by atoms with van der Waals surface area (Å²) in [4.78, 5) is 26.5. The Morgan fingerprint density at radius 2 is 1.76 bits per heavy atom. The third-order valence-electron chi connectivity index (χ3n) is 5.83. The number of hydrogen-bond acceptors (Lipinski definition) is 4. The third-order valence-corrected chi connectivity index (χ3v) is 5.83. The number of benzene rings is 2. The minimum atomic E-state index is -1.37. The van der Waals surface area contributed by atoms with E-state index in [1.54, 1.807) is 18.2 Å². The molecule has 0 spiro atoms. The van der Waals surface area contributed by atoms with Gasteiger partial charge in [-0.15, -0.1) is 0 Å². The number of aliphatic carboxylic acids is 1. The molecule has 3 N–H and O–H groups in total. The molecule has 0 aliphatic carbocycles. The number of carboxylic acids is 1. The number of likely N-dealkylation sites (tertiary alicyclic amines) is 1. The van der Waals surface area contributed by atoms with Gasteiger partial charge in [0, 0.05) is 18.7 Å². The number of aliphatic hydroxyl groups excluding tert-OH is 1. The van der Waals surface area contributed by atoms with Crippen molar-refractivity contribution in [1.82, 2.24) is 4.90 Å². The van der Waals surface area contributed by atoms with Crippen molar-refractivity contribution in [3.8, 4) is 5.75 Å². The van der Waals surface area contributed by atoms with Gasteiger partial charge in [0.15, 0.2) is 0 Å².